The molecule has 8 heteroatoms. The Morgan fingerprint density at radius 3 is 2.21 bits per heavy atom. The number of aliphatic hydroxyl groups is 4. The zero-order valence-corrected chi connectivity index (χ0v) is 23.9. The Hall–Kier alpha value is -0.770. The number of unbranched alkanes of at least 4 members (excludes halogenated alkanes) is 7. The maximum Gasteiger partial charge on any atom is 0.137 e. The molecule has 0 radical (unpaired) electrons. The number of carbonyl (C=O) groups is 1. The molecule has 2 rings (SSSR count). The van der Waals surface area contributed by atoms with Crippen molar-refractivity contribution in [3.05, 3.63) is 0 Å². The molecule has 8 N–H and O–H groups in total. The van der Waals surface area contributed by atoms with Crippen molar-refractivity contribution in [1.82, 2.24) is 0 Å². The predicted octanol–water partition coefficient (Wildman–Crippen LogP) is 1.71. The van der Waals surface area contributed by atoms with Crippen LogP contribution in [-0.4, -0.2) is 63.0 Å². The van der Waals surface area contributed by atoms with Gasteiger partial charge in [0.25, 0.3) is 0 Å². The molecule has 1 saturated heterocycles. The summed E-state index contributed by atoms with van der Waals surface area (Å²) in [4.78, 5) is 11.7. The molecule has 0 aromatic carbocycles. The minimum atomic E-state index is -1.28. The van der Waals surface area contributed by atoms with E-state index in [0.717, 1.165) is 64.3 Å². The quantitative estimate of drug-likeness (QED) is 0.127. The Kier molecular flexibility index (Phi) is 15.7. The predicted molar refractivity (Wildman–Crippen MR) is 147 cm³/mol. The third-order valence-electron chi connectivity index (χ3n) is 9.22. The molecule has 8 nitrogen and oxygen atoms in total. The summed E-state index contributed by atoms with van der Waals surface area (Å²) in [5.74, 6) is -1.49. The molecule has 8 unspecified atom stereocenters. The van der Waals surface area contributed by atoms with Crippen LogP contribution >= 0.6 is 0 Å². The van der Waals surface area contributed by atoms with E-state index in [4.69, 9.17) is 5.73 Å². The van der Waals surface area contributed by atoms with Gasteiger partial charge in [-0.2, -0.15) is 0 Å². The summed E-state index contributed by atoms with van der Waals surface area (Å²) in [5, 5.41) is 56.4. The number of quaternary nitrogens is 1. The maximum absolute atomic E-state index is 11.7. The highest BCUT2D eigenvalue weighted by Crippen LogP contribution is 2.42. The van der Waals surface area contributed by atoms with Gasteiger partial charge in [-0.3, -0.25) is 5.73 Å². The second kappa shape index (κ2) is 17.8. The lowest BCUT2D eigenvalue weighted by Gasteiger charge is -2.31. The van der Waals surface area contributed by atoms with E-state index in [2.05, 4.69) is 12.2 Å². The molecule has 1 saturated carbocycles. The molecule has 0 aromatic heterocycles. The van der Waals surface area contributed by atoms with Gasteiger partial charge in [0.1, 0.15) is 6.17 Å². The molecule has 2 aliphatic rings. The Morgan fingerprint density at radius 2 is 1.61 bits per heavy atom. The van der Waals surface area contributed by atoms with Crippen LogP contribution in [-0.2, 0) is 4.79 Å². The van der Waals surface area contributed by atoms with E-state index in [0.29, 0.717) is 31.6 Å². The van der Waals surface area contributed by atoms with Gasteiger partial charge < -0.3 is 35.6 Å². The molecular formula is C30H58N2O6. The van der Waals surface area contributed by atoms with Crippen LogP contribution < -0.4 is 16.2 Å². The van der Waals surface area contributed by atoms with Crippen molar-refractivity contribution in [2.24, 2.45) is 23.5 Å². The van der Waals surface area contributed by atoms with Gasteiger partial charge in [0.05, 0.1) is 30.5 Å². The number of piperidine rings is 1. The van der Waals surface area contributed by atoms with Crippen LogP contribution in [0.25, 0.3) is 0 Å². The molecule has 0 bridgehead atoms. The van der Waals surface area contributed by atoms with Crippen molar-refractivity contribution in [3.63, 3.8) is 0 Å². The van der Waals surface area contributed by atoms with E-state index in [1.54, 1.807) is 0 Å². The summed E-state index contributed by atoms with van der Waals surface area (Å²) in [6.45, 7) is 3.21. The Bertz CT molecular complexity index is 652. The van der Waals surface area contributed by atoms with Gasteiger partial charge >= 0.3 is 0 Å². The molecule has 1 aliphatic carbocycles. The van der Waals surface area contributed by atoms with E-state index >= 15 is 0 Å². The average molecular weight is 543 g/mol. The summed E-state index contributed by atoms with van der Waals surface area (Å²) in [7, 11) is 0. The molecular weight excluding hydrogens is 484 g/mol. The van der Waals surface area contributed by atoms with Gasteiger partial charge in [0.2, 0.25) is 0 Å². The van der Waals surface area contributed by atoms with Crippen LogP contribution in [0.4, 0.5) is 0 Å². The lowest BCUT2D eigenvalue weighted by atomic mass is 9.83. The Balaban J connectivity index is 1.64. The molecule has 224 valence electrons. The van der Waals surface area contributed by atoms with E-state index in [1.807, 2.05) is 0 Å². The summed E-state index contributed by atoms with van der Waals surface area (Å²) in [5.41, 5.74) is 4.79. The lowest BCUT2D eigenvalue weighted by molar-refractivity contribution is -0.699. The minimum Gasteiger partial charge on any atom is -0.550 e. The number of carboxylic acid groups (broad SMARTS) is 1. The molecule has 38 heavy (non-hydrogen) atoms. The Morgan fingerprint density at radius 1 is 0.974 bits per heavy atom. The van der Waals surface area contributed by atoms with Crippen LogP contribution in [0.2, 0.25) is 0 Å². The summed E-state index contributed by atoms with van der Waals surface area (Å²) < 4.78 is 0. The van der Waals surface area contributed by atoms with Gasteiger partial charge in [-0.15, -0.1) is 0 Å². The summed E-state index contributed by atoms with van der Waals surface area (Å²) in [6, 6.07) is 0. The fraction of sp³-hybridized carbons (Fsp3) is 0.967. The van der Waals surface area contributed by atoms with Crippen LogP contribution in [0, 0.1) is 17.8 Å². The number of hydrogen-bond donors (Lipinski definition) is 6. The number of hydrogen-bond acceptors (Lipinski definition) is 7. The van der Waals surface area contributed by atoms with Gasteiger partial charge in [0.15, 0.2) is 0 Å². The number of nitrogens with two attached hydrogens (primary N) is 2. The molecule has 1 heterocycles. The van der Waals surface area contributed by atoms with Crippen LogP contribution in [0.1, 0.15) is 129 Å². The highest BCUT2D eigenvalue weighted by atomic mass is 16.4. The first-order valence-electron chi connectivity index (χ1n) is 15.7. The van der Waals surface area contributed by atoms with Gasteiger partial charge in [-0.1, -0.05) is 64.7 Å². The monoisotopic (exact) mass is 542 g/mol. The molecule has 8 atom stereocenters. The van der Waals surface area contributed by atoms with Gasteiger partial charge in [-0.25, -0.2) is 0 Å². The topological polar surface area (TPSA) is 164 Å². The molecule has 2 fully saturated rings. The zero-order valence-electron chi connectivity index (χ0n) is 23.9. The largest absolute Gasteiger partial charge is 0.550 e. The number of carbonyl (C=O) groups excluding carboxylic acids is 1. The summed E-state index contributed by atoms with van der Waals surface area (Å²) >= 11 is 0. The third kappa shape index (κ3) is 12.2. The van der Waals surface area contributed by atoms with Crippen molar-refractivity contribution in [2.45, 2.75) is 159 Å². The van der Waals surface area contributed by atoms with Gasteiger partial charge in [0, 0.05) is 18.3 Å². The minimum absolute atomic E-state index is 0.132. The van der Waals surface area contributed by atoms with Crippen molar-refractivity contribution in [3.8, 4) is 0 Å². The first-order valence-corrected chi connectivity index (χ1v) is 15.7. The standard InChI is InChI=1S/C30H58N2O6/c1-2-3-4-5-8-11-24(33)12-9-6-7-10-13-25(29(36)37)26(34)14-16-30(38)21-23(19-27(30)35)18-22-15-17-32-28(31)20-22/h22-28,32-35,38H,2-21,31H2,1H3,(H,36,37). The number of aliphatic hydroxyl groups excluding tert-OH is 3. The van der Waals surface area contributed by atoms with Crippen LogP contribution in [0.15, 0.2) is 0 Å². The van der Waals surface area contributed by atoms with Gasteiger partial charge in [-0.05, 0) is 69.6 Å². The fourth-order valence-corrected chi connectivity index (χ4v) is 6.83. The average Bonchev–Trinajstić information content (AvgIpc) is 3.14. The van der Waals surface area contributed by atoms with Crippen molar-refractivity contribution in [1.29, 1.82) is 0 Å². The van der Waals surface area contributed by atoms with E-state index < -0.39 is 29.7 Å². The second-order valence-corrected chi connectivity index (χ2v) is 12.6. The molecule has 1 aliphatic heterocycles. The van der Waals surface area contributed by atoms with E-state index in [1.165, 1.54) is 25.7 Å². The molecule has 0 amide bonds. The number of rotatable bonds is 20. The highest BCUT2D eigenvalue weighted by molar-refractivity contribution is 5.68. The zero-order chi connectivity index (χ0) is 28.0. The third-order valence-corrected chi connectivity index (χ3v) is 9.22. The maximum atomic E-state index is 11.7. The second-order valence-electron chi connectivity index (χ2n) is 12.6. The van der Waals surface area contributed by atoms with E-state index in [9.17, 15) is 30.3 Å². The molecule has 0 spiro atoms. The molecule has 0 aromatic rings. The van der Waals surface area contributed by atoms with Crippen molar-refractivity contribution < 1.29 is 35.6 Å². The Labute approximate surface area is 230 Å². The first-order chi connectivity index (χ1) is 18.1. The lowest BCUT2D eigenvalue weighted by Crippen LogP contribution is -2.94. The normalized spacial score (nSPS) is 30.3. The number of aliphatic carboxylic acids is 1. The fourth-order valence-electron chi connectivity index (χ4n) is 6.83. The van der Waals surface area contributed by atoms with Crippen LogP contribution in [0.5, 0.6) is 0 Å². The van der Waals surface area contributed by atoms with E-state index in [-0.39, 0.29) is 31.0 Å². The van der Waals surface area contributed by atoms with Crippen molar-refractivity contribution in [2.75, 3.05) is 6.54 Å². The smallest absolute Gasteiger partial charge is 0.137 e. The van der Waals surface area contributed by atoms with Crippen molar-refractivity contribution >= 4 is 5.97 Å². The SMILES string of the molecule is CCCCCCCC(O)CCCCCCC(C(=O)[O-])C(O)CCC1(O)CC(CC2CC[NH2+]C(N)C2)CC1O. The van der Waals surface area contributed by atoms with Crippen LogP contribution in [0.3, 0.4) is 0 Å². The summed E-state index contributed by atoms with van der Waals surface area (Å²) in [6.07, 6.45) is 13.6. The highest BCUT2D eigenvalue weighted by Gasteiger charge is 2.46. The number of carboxylic acids is 1. The first kappa shape index (κ1) is 33.4.